The van der Waals surface area contributed by atoms with Gasteiger partial charge in [0.25, 0.3) is 0 Å². The first-order chi connectivity index (χ1) is 7.65. The van der Waals surface area contributed by atoms with Gasteiger partial charge < -0.3 is 20.2 Å². The van der Waals surface area contributed by atoms with E-state index in [1.807, 2.05) is 19.1 Å². The molecule has 5 heteroatoms. The van der Waals surface area contributed by atoms with Crippen LogP contribution >= 0.6 is 0 Å². The summed E-state index contributed by atoms with van der Waals surface area (Å²) in [5.41, 5.74) is 5.42. The van der Waals surface area contributed by atoms with Gasteiger partial charge in [-0.1, -0.05) is 0 Å². The quantitative estimate of drug-likeness (QED) is 0.743. The molecule has 0 saturated heterocycles. The van der Waals surface area contributed by atoms with E-state index in [1.165, 1.54) is 0 Å². The molecule has 3 N–H and O–H groups in total. The number of rotatable bonds is 6. The van der Waals surface area contributed by atoms with Gasteiger partial charge in [-0.2, -0.15) is 0 Å². The smallest absolute Gasteiger partial charge is 0.223 e. The van der Waals surface area contributed by atoms with Crippen LogP contribution in [0.15, 0.2) is 16.5 Å². The number of carbonyl (C=O) groups excluding carboxylic acids is 1. The third kappa shape index (κ3) is 4.04. The molecule has 16 heavy (non-hydrogen) atoms. The maximum absolute atomic E-state index is 11.5. The number of aryl methyl sites for hydroxylation is 1. The van der Waals surface area contributed by atoms with Crippen LogP contribution in [0.25, 0.3) is 0 Å². The zero-order valence-corrected chi connectivity index (χ0v) is 9.66. The second-order valence-corrected chi connectivity index (χ2v) is 3.59. The average molecular weight is 226 g/mol. The Morgan fingerprint density at radius 1 is 1.62 bits per heavy atom. The molecule has 0 aliphatic carbocycles. The number of hydrogen-bond donors (Lipinski definition) is 2. The molecular formula is C11H18N2O3. The molecule has 1 aromatic rings. The fraction of sp³-hybridized carbons (Fsp3) is 0.545. The lowest BCUT2D eigenvalue weighted by Crippen LogP contribution is -2.31. The van der Waals surface area contributed by atoms with Crippen LogP contribution in [0.2, 0.25) is 0 Å². The highest BCUT2D eigenvalue weighted by Gasteiger charge is 2.11. The molecule has 1 aromatic heterocycles. The van der Waals surface area contributed by atoms with E-state index in [2.05, 4.69) is 5.32 Å². The predicted octanol–water partition coefficient (Wildman–Crippen LogP) is 0.568. The number of furan rings is 1. The maximum atomic E-state index is 11.5. The van der Waals surface area contributed by atoms with Crippen LogP contribution < -0.4 is 11.1 Å². The third-order valence-corrected chi connectivity index (χ3v) is 2.27. The Labute approximate surface area is 94.9 Å². The first kappa shape index (κ1) is 12.7. The zero-order chi connectivity index (χ0) is 12.0. The minimum Gasteiger partial charge on any atom is -0.465 e. The highest BCUT2D eigenvalue weighted by molar-refractivity contribution is 5.76. The van der Waals surface area contributed by atoms with Gasteiger partial charge in [-0.3, -0.25) is 4.79 Å². The van der Waals surface area contributed by atoms with Crippen molar-refractivity contribution in [2.75, 3.05) is 13.7 Å². The summed E-state index contributed by atoms with van der Waals surface area (Å²) in [5.74, 6) is 1.49. The van der Waals surface area contributed by atoms with Crippen LogP contribution in [-0.2, 0) is 16.1 Å². The SMILES string of the molecule is COC(CN)CC(=O)NCc1ccc(C)o1. The number of hydrogen-bond acceptors (Lipinski definition) is 4. The number of methoxy groups -OCH3 is 1. The Hall–Kier alpha value is -1.33. The minimum absolute atomic E-state index is 0.0913. The standard InChI is InChI=1S/C11H18N2O3/c1-8-3-4-9(16-8)7-13-11(14)5-10(6-12)15-2/h3-4,10H,5-7,12H2,1-2H3,(H,13,14). The summed E-state index contributed by atoms with van der Waals surface area (Å²) in [4.78, 5) is 11.5. The molecule has 90 valence electrons. The molecule has 1 atom stereocenters. The van der Waals surface area contributed by atoms with Gasteiger partial charge in [0.1, 0.15) is 11.5 Å². The van der Waals surface area contributed by atoms with Crippen molar-refractivity contribution in [3.63, 3.8) is 0 Å². The molecule has 0 saturated carbocycles. The summed E-state index contributed by atoms with van der Waals surface area (Å²) in [6, 6.07) is 3.70. The molecular weight excluding hydrogens is 208 g/mol. The zero-order valence-electron chi connectivity index (χ0n) is 9.66. The van der Waals surface area contributed by atoms with Gasteiger partial charge in [0.15, 0.2) is 0 Å². The minimum atomic E-state index is -0.224. The monoisotopic (exact) mass is 226 g/mol. The Morgan fingerprint density at radius 3 is 2.88 bits per heavy atom. The van der Waals surface area contributed by atoms with Crippen molar-refractivity contribution in [2.45, 2.75) is 26.0 Å². The van der Waals surface area contributed by atoms with E-state index in [-0.39, 0.29) is 18.4 Å². The number of carbonyl (C=O) groups is 1. The van der Waals surface area contributed by atoms with E-state index < -0.39 is 0 Å². The number of ether oxygens (including phenoxy) is 1. The van der Waals surface area contributed by atoms with E-state index in [4.69, 9.17) is 14.9 Å². The molecule has 0 aromatic carbocycles. The van der Waals surface area contributed by atoms with E-state index in [0.29, 0.717) is 13.1 Å². The summed E-state index contributed by atoms with van der Waals surface area (Å²) in [6.07, 6.45) is 0.0468. The molecule has 1 unspecified atom stereocenters. The van der Waals surface area contributed by atoms with Crippen molar-refractivity contribution < 1.29 is 13.9 Å². The summed E-state index contributed by atoms with van der Waals surface area (Å²) in [5, 5.41) is 2.74. The first-order valence-corrected chi connectivity index (χ1v) is 5.20. The highest BCUT2D eigenvalue weighted by atomic mass is 16.5. The van der Waals surface area contributed by atoms with Gasteiger partial charge in [-0.25, -0.2) is 0 Å². The van der Waals surface area contributed by atoms with E-state index in [0.717, 1.165) is 11.5 Å². The van der Waals surface area contributed by atoms with Crippen LogP contribution in [-0.4, -0.2) is 25.7 Å². The Bertz CT molecular complexity index is 332. The van der Waals surface area contributed by atoms with E-state index in [9.17, 15) is 4.79 Å². The lowest BCUT2D eigenvalue weighted by molar-refractivity contribution is -0.123. The van der Waals surface area contributed by atoms with Gasteiger partial charge in [0, 0.05) is 13.7 Å². The normalized spacial score (nSPS) is 12.4. The van der Waals surface area contributed by atoms with Crippen molar-refractivity contribution in [1.82, 2.24) is 5.32 Å². The summed E-state index contributed by atoms with van der Waals surface area (Å²) in [7, 11) is 1.54. The van der Waals surface area contributed by atoms with Gasteiger partial charge in [-0.05, 0) is 19.1 Å². The van der Waals surface area contributed by atoms with E-state index in [1.54, 1.807) is 7.11 Å². The summed E-state index contributed by atoms with van der Waals surface area (Å²) in [6.45, 7) is 2.60. The van der Waals surface area contributed by atoms with Crippen LogP contribution in [0.4, 0.5) is 0 Å². The highest BCUT2D eigenvalue weighted by Crippen LogP contribution is 2.05. The van der Waals surface area contributed by atoms with Crippen LogP contribution in [0, 0.1) is 6.92 Å². The van der Waals surface area contributed by atoms with Crippen LogP contribution in [0.5, 0.6) is 0 Å². The Morgan fingerprint density at radius 2 is 2.38 bits per heavy atom. The first-order valence-electron chi connectivity index (χ1n) is 5.20. The largest absolute Gasteiger partial charge is 0.465 e. The molecule has 0 aliphatic heterocycles. The second kappa shape index (κ2) is 6.30. The third-order valence-electron chi connectivity index (χ3n) is 2.27. The molecule has 1 amide bonds. The number of amides is 1. The van der Waals surface area contributed by atoms with Crippen molar-refractivity contribution in [3.8, 4) is 0 Å². The molecule has 0 spiro atoms. The number of nitrogens with two attached hydrogens (primary N) is 1. The fourth-order valence-corrected chi connectivity index (χ4v) is 1.31. The van der Waals surface area contributed by atoms with Gasteiger partial charge in [0.2, 0.25) is 5.91 Å². The van der Waals surface area contributed by atoms with E-state index >= 15 is 0 Å². The van der Waals surface area contributed by atoms with Crippen LogP contribution in [0.3, 0.4) is 0 Å². The molecule has 0 bridgehead atoms. The summed E-state index contributed by atoms with van der Waals surface area (Å²) < 4.78 is 10.3. The van der Waals surface area contributed by atoms with Gasteiger partial charge in [-0.15, -0.1) is 0 Å². The molecule has 0 aliphatic rings. The Kier molecular flexibility index (Phi) is 5.01. The van der Waals surface area contributed by atoms with Crippen LogP contribution in [0.1, 0.15) is 17.9 Å². The molecule has 1 heterocycles. The van der Waals surface area contributed by atoms with Gasteiger partial charge in [0.05, 0.1) is 19.1 Å². The fourth-order valence-electron chi connectivity index (χ4n) is 1.31. The molecule has 0 fully saturated rings. The lowest BCUT2D eigenvalue weighted by Gasteiger charge is -2.11. The van der Waals surface area contributed by atoms with Crippen molar-refractivity contribution in [3.05, 3.63) is 23.7 Å². The van der Waals surface area contributed by atoms with Crippen molar-refractivity contribution >= 4 is 5.91 Å². The second-order valence-electron chi connectivity index (χ2n) is 3.59. The Balaban J connectivity index is 2.30. The lowest BCUT2D eigenvalue weighted by atomic mass is 10.2. The topological polar surface area (TPSA) is 77.5 Å². The summed E-state index contributed by atoms with van der Waals surface area (Å²) >= 11 is 0. The molecule has 1 rings (SSSR count). The molecule has 0 radical (unpaired) electrons. The van der Waals surface area contributed by atoms with Crippen molar-refractivity contribution in [2.24, 2.45) is 5.73 Å². The predicted molar refractivity (Wildman–Crippen MR) is 59.8 cm³/mol. The molecule has 5 nitrogen and oxygen atoms in total. The van der Waals surface area contributed by atoms with Crippen molar-refractivity contribution in [1.29, 1.82) is 0 Å². The average Bonchev–Trinajstić information content (AvgIpc) is 2.69. The maximum Gasteiger partial charge on any atom is 0.223 e. The van der Waals surface area contributed by atoms with Gasteiger partial charge >= 0.3 is 0 Å². The number of nitrogens with one attached hydrogen (secondary N) is 1.